The summed E-state index contributed by atoms with van der Waals surface area (Å²) in [4.78, 5) is 20.9. The van der Waals surface area contributed by atoms with E-state index in [2.05, 4.69) is 23.0 Å². The van der Waals surface area contributed by atoms with Crippen molar-refractivity contribution < 1.29 is 14.3 Å². The number of carbonyl (C=O) groups is 1. The molecule has 0 N–H and O–H groups in total. The van der Waals surface area contributed by atoms with E-state index in [0.29, 0.717) is 11.6 Å². The first-order valence-electron chi connectivity index (χ1n) is 11.2. The fourth-order valence-electron chi connectivity index (χ4n) is 3.50. The zero-order valence-corrected chi connectivity index (χ0v) is 17.9. The van der Waals surface area contributed by atoms with Crippen LogP contribution in [-0.2, 0) is 4.79 Å². The number of benzene rings is 1. The van der Waals surface area contributed by atoms with Crippen LogP contribution >= 0.6 is 0 Å². The second-order valence-corrected chi connectivity index (χ2v) is 7.79. The molecule has 1 aromatic heterocycles. The first-order chi connectivity index (χ1) is 14.8. The van der Waals surface area contributed by atoms with Gasteiger partial charge in [0, 0.05) is 5.56 Å². The molecule has 0 bridgehead atoms. The SMILES string of the molecule is CCCCCCCCOc1ccc(-c2ncc(OC(=O)C3CC=CCC3)cn2)cc1. The fourth-order valence-corrected chi connectivity index (χ4v) is 3.50. The highest BCUT2D eigenvalue weighted by Crippen LogP contribution is 2.23. The molecule has 0 amide bonds. The van der Waals surface area contributed by atoms with Gasteiger partial charge in [-0.1, -0.05) is 51.2 Å². The van der Waals surface area contributed by atoms with Gasteiger partial charge in [0.25, 0.3) is 0 Å². The minimum Gasteiger partial charge on any atom is -0.494 e. The predicted molar refractivity (Wildman–Crippen MR) is 118 cm³/mol. The molecular weight excluding hydrogens is 376 g/mol. The maximum atomic E-state index is 12.2. The lowest BCUT2D eigenvalue weighted by atomic mass is 9.95. The summed E-state index contributed by atoms with van der Waals surface area (Å²) in [6, 6.07) is 7.79. The summed E-state index contributed by atoms with van der Waals surface area (Å²) in [7, 11) is 0. The van der Waals surface area contributed by atoms with Gasteiger partial charge in [-0.3, -0.25) is 4.79 Å². The molecule has 0 spiro atoms. The van der Waals surface area contributed by atoms with E-state index in [1.807, 2.05) is 30.3 Å². The molecule has 1 aliphatic rings. The molecule has 1 atom stereocenters. The third-order valence-electron chi connectivity index (χ3n) is 5.33. The van der Waals surface area contributed by atoms with E-state index in [4.69, 9.17) is 9.47 Å². The summed E-state index contributed by atoms with van der Waals surface area (Å²) in [5.74, 6) is 1.57. The Morgan fingerprint density at radius 1 is 0.967 bits per heavy atom. The quantitative estimate of drug-likeness (QED) is 0.254. The smallest absolute Gasteiger partial charge is 0.314 e. The number of unbranched alkanes of at least 4 members (excludes halogenated alkanes) is 5. The third kappa shape index (κ3) is 6.97. The van der Waals surface area contributed by atoms with E-state index in [9.17, 15) is 4.79 Å². The van der Waals surface area contributed by atoms with Crippen molar-refractivity contribution in [3.63, 3.8) is 0 Å². The summed E-state index contributed by atoms with van der Waals surface area (Å²) < 4.78 is 11.3. The number of aromatic nitrogens is 2. The second-order valence-electron chi connectivity index (χ2n) is 7.79. The van der Waals surface area contributed by atoms with Gasteiger partial charge in [0.15, 0.2) is 11.6 Å². The van der Waals surface area contributed by atoms with Gasteiger partial charge in [0.1, 0.15) is 5.75 Å². The standard InChI is InChI=1S/C25H32N2O3/c1-2-3-4-5-6-10-17-29-22-15-13-20(14-16-22)24-26-18-23(19-27-24)30-25(28)21-11-8-7-9-12-21/h7-8,13-16,18-19,21H,2-6,9-12,17H2,1H3. The van der Waals surface area contributed by atoms with Crippen molar-refractivity contribution in [3.8, 4) is 22.9 Å². The van der Waals surface area contributed by atoms with Crippen LogP contribution in [0, 0.1) is 5.92 Å². The van der Waals surface area contributed by atoms with Gasteiger partial charge < -0.3 is 9.47 Å². The average Bonchev–Trinajstić information content (AvgIpc) is 2.80. The Hall–Kier alpha value is -2.69. The molecule has 5 nitrogen and oxygen atoms in total. The van der Waals surface area contributed by atoms with Gasteiger partial charge in [-0.05, 0) is 49.9 Å². The monoisotopic (exact) mass is 408 g/mol. The Bertz CT molecular complexity index is 800. The fraction of sp³-hybridized carbons (Fsp3) is 0.480. The zero-order valence-electron chi connectivity index (χ0n) is 17.9. The second kappa shape index (κ2) is 12.1. The Morgan fingerprint density at radius 3 is 2.40 bits per heavy atom. The minimum atomic E-state index is -0.206. The number of ether oxygens (including phenoxy) is 2. The lowest BCUT2D eigenvalue weighted by Gasteiger charge is -2.15. The summed E-state index contributed by atoms with van der Waals surface area (Å²) in [6.07, 6.45) is 17.3. The Balaban J connectivity index is 1.44. The predicted octanol–water partition coefficient (Wildman–Crippen LogP) is 6.14. The van der Waals surface area contributed by atoms with Crippen LogP contribution in [0.3, 0.4) is 0 Å². The molecule has 0 aliphatic heterocycles. The van der Waals surface area contributed by atoms with Crippen LogP contribution in [0.4, 0.5) is 0 Å². The molecule has 0 saturated carbocycles. The number of rotatable bonds is 11. The lowest BCUT2D eigenvalue weighted by Crippen LogP contribution is -2.21. The molecule has 30 heavy (non-hydrogen) atoms. The van der Waals surface area contributed by atoms with Crippen LogP contribution in [0.15, 0.2) is 48.8 Å². The number of carbonyl (C=O) groups excluding carboxylic acids is 1. The molecule has 1 aliphatic carbocycles. The van der Waals surface area contributed by atoms with E-state index in [1.54, 1.807) is 12.4 Å². The van der Waals surface area contributed by atoms with E-state index in [0.717, 1.165) is 43.6 Å². The van der Waals surface area contributed by atoms with Crippen molar-refractivity contribution in [2.45, 2.75) is 64.7 Å². The van der Waals surface area contributed by atoms with Crippen molar-refractivity contribution in [2.75, 3.05) is 6.61 Å². The molecule has 5 heteroatoms. The van der Waals surface area contributed by atoms with Crippen molar-refractivity contribution in [1.82, 2.24) is 9.97 Å². The Labute approximate surface area is 179 Å². The molecule has 1 aromatic carbocycles. The van der Waals surface area contributed by atoms with Gasteiger partial charge in [-0.2, -0.15) is 0 Å². The van der Waals surface area contributed by atoms with Crippen LogP contribution in [0.2, 0.25) is 0 Å². The summed E-state index contributed by atoms with van der Waals surface area (Å²) in [5.41, 5.74) is 0.900. The average molecular weight is 409 g/mol. The molecule has 3 rings (SSSR count). The van der Waals surface area contributed by atoms with Crippen molar-refractivity contribution in [2.24, 2.45) is 5.92 Å². The number of allylic oxidation sites excluding steroid dienone is 2. The van der Waals surface area contributed by atoms with Gasteiger partial charge in [-0.15, -0.1) is 0 Å². The van der Waals surface area contributed by atoms with Crippen LogP contribution < -0.4 is 9.47 Å². The van der Waals surface area contributed by atoms with E-state index in [-0.39, 0.29) is 11.9 Å². The van der Waals surface area contributed by atoms with Gasteiger partial charge in [0.2, 0.25) is 0 Å². The molecule has 1 heterocycles. The van der Waals surface area contributed by atoms with Crippen molar-refractivity contribution in [1.29, 1.82) is 0 Å². The van der Waals surface area contributed by atoms with Crippen LogP contribution in [-0.4, -0.2) is 22.5 Å². The van der Waals surface area contributed by atoms with Gasteiger partial charge >= 0.3 is 5.97 Å². The first-order valence-corrected chi connectivity index (χ1v) is 11.2. The Kier molecular flexibility index (Phi) is 8.88. The maximum Gasteiger partial charge on any atom is 0.314 e. The molecule has 0 fully saturated rings. The molecule has 1 unspecified atom stereocenters. The van der Waals surface area contributed by atoms with E-state index in [1.165, 1.54) is 32.1 Å². The summed E-state index contributed by atoms with van der Waals surface area (Å²) in [6.45, 7) is 2.98. The minimum absolute atomic E-state index is 0.0708. The molecule has 0 saturated heterocycles. The van der Waals surface area contributed by atoms with Crippen LogP contribution in [0.5, 0.6) is 11.5 Å². The normalized spacial score (nSPS) is 15.7. The zero-order chi connectivity index (χ0) is 21.0. The molecule has 160 valence electrons. The van der Waals surface area contributed by atoms with Crippen LogP contribution in [0.25, 0.3) is 11.4 Å². The van der Waals surface area contributed by atoms with Crippen molar-refractivity contribution in [3.05, 3.63) is 48.8 Å². The van der Waals surface area contributed by atoms with E-state index >= 15 is 0 Å². The molecule has 2 aromatic rings. The number of nitrogens with zero attached hydrogens (tertiary/aromatic N) is 2. The number of esters is 1. The van der Waals surface area contributed by atoms with Crippen LogP contribution in [0.1, 0.15) is 64.7 Å². The highest BCUT2D eigenvalue weighted by atomic mass is 16.5. The van der Waals surface area contributed by atoms with Gasteiger partial charge in [0.05, 0.1) is 24.9 Å². The van der Waals surface area contributed by atoms with E-state index < -0.39 is 0 Å². The molecule has 0 radical (unpaired) electrons. The highest BCUT2D eigenvalue weighted by Gasteiger charge is 2.21. The van der Waals surface area contributed by atoms with Gasteiger partial charge in [-0.25, -0.2) is 9.97 Å². The highest BCUT2D eigenvalue weighted by molar-refractivity contribution is 5.75. The maximum absolute atomic E-state index is 12.2. The largest absolute Gasteiger partial charge is 0.494 e. The summed E-state index contributed by atoms with van der Waals surface area (Å²) in [5, 5.41) is 0. The third-order valence-corrected chi connectivity index (χ3v) is 5.33. The lowest BCUT2D eigenvalue weighted by molar-refractivity contribution is -0.139. The first kappa shape index (κ1) is 22.0. The Morgan fingerprint density at radius 2 is 1.70 bits per heavy atom. The summed E-state index contributed by atoms with van der Waals surface area (Å²) >= 11 is 0. The topological polar surface area (TPSA) is 61.3 Å². The van der Waals surface area contributed by atoms with Crippen molar-refractivity contribution >= 4 is 5.97 Å². The molecular formula is C25H32N2O3. The number of hydrogen-bond acceptors (Lipinski definition) is 5. The number of hydrogen-bond donors (Lipinski definition) is 0.